The molecule has 42 heavy (non-hydrogen) atoms. The molecule has 0 atom stereocenters. The molecule has 0 saturated heterocycles. The first-order valence-electron chi connectivity index (χ1n) is 14.7. The lowest BCUT2D eigenvalue weighted by Gasteiger charge is -2.12. The predicted molar refractivity (Wildman–Crippen MR) is 172 cm³/mol. The van der Waals surface area contributed by atoms with Gasteiger partial charge in [-0.15, -0.1) is 0 Å². The van der Waals surface area contributed by atoms with Gasteiger partial charge in [-0.25, -0.2) is 0 Å². The fourth-order valence-electron chi connectivity index (χ4n) is 3.79. The molecule has 7 heteroatoms. The Bertz CT molecular complexity index is 1230. The summed E-state index contributed by atoms with van der Waals surface area (Å²) in [5, 5.41) is 8.38. The first-order valence-corrected chi connectivity index (χ1v) is 14.7. The van der Waals surface area contributed by atoms with E-state index in [1.165, 1.54) is 6.20 Å². The molecule has 2 rings (SSSR count). The smallest absolute Gasteiger partial charge is 0.257 e. The van der Waals surface area contributed by atoms with E-state index in [9.17, 15) is 14.4 Å². The summed E-state index contributed by atoms with van der Waals surface area (Å²) in [6, 6.07) is 10.1. The van der Waals surface area contributed by atoms with Gasteiger partial charge in [0, 0.05) is 31.9 Å². The zero-order valence-electron chi connectivity index (χ0n) is 24.6. The highest BCUT2D eigenvalue weighted by Crippen LogP contribution is 2.16. The molecule has 222 valence electrons. The number of rotatable bonds is 19. The molecule has 0 aliphatic heterocycles. The van der Waals surface area contributed by atoms with E-state index in [0.717, 1.165) is 44.9 Å². The summed E-state index contributed by atoms with van der Waals surface area (Å²) < 4.78 is 0. The third-order valence-electron chi connectivity index (χ3n) is 6.01. The highest BCUT2D eigenvalue weighted by atomic mass is 16.2. The highest BCUT2D eigenvalue weighted by molar-refractivity contribution is 6.08. The van der Waals surface area contributed by atoms with Crippen molar-refractivity contribution in [3.8, 4) is 0 Å². The molecular weight excluding hydrogens is 524 g/mol. The van der Waals surface area contributed by atoms with Gasteiger partial charge in [-0.3, -0.25) is 19.4 Å². The van der Waals surface area contributed by atoms with Gasteiger partial charge in [0.05, 0.1) is 16.8 Å². The molecule has 0 spiro atoms. The normalized spacial score (nSPS) is 11.7. The average molecular weight is 569 g/mol. The average Bonchev–Trinajstić information content (AvgIpc) is 3.01. The summed E-state index contributed by atoms with van der Waals surface area (Å²) in [6.45, 7) is 2.75. The lowest BCUT2D eigenvalue weighted by atomic mass is 10.1. The molecule has 1 aromatic carbocycles. The van der Waals surface area contributed by atoms with Gasteiger partial charge in [-0.1, -0.05) is 79.8 Å². The quantitative estimate of drug-likeness (QED) is 0.124. The first kappa shape index (κ1) is 33.7. The van der Waals surface area contributed by atoms with E-state index in [1.54, 1.807) is 42.6 Å². The maximum atomic E-state index is 12.7. The zero-order valence-corrected chi connectivity index (χ0v) is 24.6. The second-order valence-electron chi connectivity index (χ2n) is 9.45. The Hall–Kier alpha value is -4.52. The number of aromatic nitrogens is 1. The van der Waals surface area contributed by atoms with Gasteiger partial charge in [0.25, 0.3) is 11.8 Å². The van der Waals surface area contributed by atoms with Crippen LogP contribution in [-0.2, 0) is 4.79 Å². The fourth-order valence-corrected chi connectivity index (χ4v) is 3.79. The molecule has 0 saturated carbocycles. The van der Waals surface area contributed by atoms with Crippen LogP contribution in [0, 0.1) is 0 Å². The molecule has 0 aliphatic carbocycles. The summed E-state index contributed by atoms with van der Waals surface area (Å²) in [6.07, 6.45) is 31.7. The van der Waals surface area contributed by atoms with Crippen LogP contribution < -0.4 is 16.0 Å². The van der Waals surface area contributed by atoms with Crippen molar-refractivity contribution in [2.45, 2.75) is 58.3 Å². The van der Waals surface area contributed by atoms with E-state index in [2.05, 4.69) is 88.6 Å². The number of allylic oxidation sites excluding steroid dienone is 10. The summed E-state index contributed by atoms with van der Waals surface area (Å²) in [7, 11) is 0. The lowest BCUT2D eigenvalue weighted by molar-refractivity contribution is -0.121. The van der Waals surface area contributed by atoms with Gasteiger partial charge in [0.1, 0.15) is 0 Å². The number of hydrogen-bond acceptors (Lipinski definition) is 4. The number of pyridine rings is 1. The van der Waals surface area contributed by atoms with Gasteiger partial charge in [0.15, 0.2) is 0 Å². The van der Waals surface area contributed by atoms with Crippen molar-refractivity contribution in [3.63, 3.8) is 0 Å². The number of benzene rings is 1. The standard InChI is InChI=1S/C35H44N4O3/c1-2-3-4-5-6-7-8-9-10-11-12-13-14-15-16-17-18-25-33(40)37-27-28-38-35(42)31-23-19-20-24-32(31)39-34(41)30-22-21-26-36-29-30/h3-4,6-7,9-10,12-13,15-16,19-24,26,29H,2,5,8,11,14,17-18,25,27-28H2,1H3,(H,37,40)(H,38,42)(H,39,41)/b4-3-,7-6-,10-9-,13-12-,16-15?. The van der Waals surface area contributed by atoms with Crippen molar-refractivity contribution in [1.82, 2.24) is 15.6 Å². The van der Waals surface area contributed by atoms with E-state index in [1.807, 2.05) is 0 Å². The van der Waals surface area contributed by atoms with Gasteiger partial charge in [-0.05, 0) is 69.2 Å². The molecule has 0 fully saturated rings. The van der Waals surface area contributed by atoms with Crippen LogP contribution in [0.4, 0.5) is 5.69 Å². The Morgan fingerprint density at radius 3 is 1.98 bits per heavy atom. The molecule has 7 nitrogen and oxygen atoms in total. The Kier molecular flexibility index (Phi) is 17.8. The van der Waals surface area contributed by atoms with Crippen LogP contribution in [0.2, 0.25) is 0 Å². The molecule has 1 heterocycles. The highest BCUT2D eigenvalue weighted by Gasteiger charge is 2.14. The molecule has 0 bridgehead atoms. The predicted octanol–water partition coefficient (Wildman–Crippen LogP) is 7.10. The maximum absolute atomic E-state index is 12.7. The molecule has 2 aromatic rings. The van der Waals surface area contributed by atoms with Crippen LogP contribution >= 0.6 is 0 Å². The van der Waals surface area contributed by atoms with Crippen LogP contribution in [0.25, 0.3) is 0 Å². The molecule has 3 N–H and O–H groups in total. The van der Waals surface area contributed by atoms with Crippen LogP contribution in [-0.4, -0.2) is 35.8 Å². The SMILES string of the molecule is CC/C=C\C/C=C\C/C=C\C/C=C\CC=CCCCC(=O)NCCNC(=O)c1ccccc1NC(=O)c1cccnc1. The van der Waals surface area contributed by atoms with Crippen LogP contribution in [0.5, 0.6) is 0 Å². The summed E-state index contributed by atoms with van der Waals surface area (Å²) in [5.41, 5.74) is 1.15. The molecule has 0 radical (unpaired) electrons. The number of nitrogens with zero attached hydrogens (tertiary/aromatic N) is 1. The number of nitrogens with one attached hydrogen (secondary N) is 3. The zero-order chi connectivity index (χ0) is 30.1. The van der Waals surface area contributed by atoms with Crippen molar-refractivity contribution in [3.05, 3.63) is 121 Å². The molecule has 1 aromatic heterocycles. The van der Waals surface area contributed by atoms with Gasteiger partial charge in [-0.2, -0.15) is 0 Å². The summed E-state index contributed by atoms with van der Waals surface area (Å²) >= 11 is 0. The Morgan fingerprint density at radius 2 is 1.33 bits per heavy atom. The van der Waals surface area contributed by atoms with Crippen molar-refractivity contribution in [2.24, 2.45) is 0 Å². The van der Waals surface area contributed by atoms with E-state index < -0.39 is 0 Å². The fraction of sp³-hybridized carbons (Fsp3) is 0.314. The van der Waals surface area contributed by atoms with E-state index >= 15 is 0 Å². The minimum atomic E-state index is -0.347. The van der Waals surface area contributed by atoms with Crippen LogP contribution in [0.1, 0.15) is 79.0 Å². The van der Waals surface area contributed by atoms with Crippen molar-refractivity contribution >= 4 is 23.4 Å². The molecule has 0 unspecified atom stereocenters. The van der Waals surface area contributed by atoms with Crippen LogP contribution in [0.3, 0.4) is 0 Å². The minimum Gasteiger partial charge on any atom is -0.354 e. The van der Waals surface area contributed by atoms with Gasteiger partial charge in [0.2, 0.25) is 5.91 Å². The van der Waals surface area contributed by atoms with E-state index in [4.69, 9.17) is 0 Å². The number of unbranched alkanes of at least 4 members (excludes halogenated alkanes) is 1. The second-order valence-corrected chi connectivity index (χ2v) is 9.45. The maximum Gasteiger partial charge on any atom is 0.257 e. The first-order chi connectivity index (χ1) is 20.6. The monoisotopic (exact) mass is 568 g/mol. The van der Waals surface area contributed by atoms with Crippen LogP contribution in [0.15, 0.2) is 110 Å². The Labute approximate surface area is 250 Å². The molecular formula is C35H44N4O3. The third kappa shape index (κ3) is 15.3. The van der Waals surface area contributed by atoms with Gasteiger partial charge < -0.3 is 16.0 Å². The number of amides is 3. The number of anilines is 1. The third-order valence-corrected chi connectivity index (χ3v) is 6.01. The molecule has 0 aliphatic rings. The van der Waals surface area contributed by atoms with Gasteiger partial charge >= 0.3 is 0 Å². The summed E-state index contributed by atoms with van der Waals surface area (Å²) in [4.78, 5) is 41.2. The number of hydrogen-bond donors (Lipinski definition) is 3. The van der Waals surface area contributed by atoms with E-state index in [0.29, 0.717) is 29.8 Å². The summed E-state index contributed by atoms with van der Waals surface area (Å²) in [5.74, 6) is -0.717. The minimum absolute atomic E-state index is 0.0410. The second kappa shape index (κ2) is 22.2. The lowest BCUT2D eigenvalue weighted by Crippen LogP contribution is -2.35. The Morgan fingerprint density at radius 1 is 0.714 bits per heavy atom. The van der Waals surface area contributed by atoms with Crippen molar-refractivity contribution in [1.29, 1.82) is 0 Å². The molecule has 3 amide bonds. The number of para-hydroxylation sites is 1. The Balaban J connectivity index is 1.53. The largest absolute Gasteiger partial charge is 0.354 e. The van der Waals surface area contributed by atoms with Crippen molar-refractivity contribution < 1.29 is 14.4 Å². The topological polar surface area (TPSA) is 100 Å². The van der Waals surface area contributed by atoms with Crippen molar-refractivity contribution in [2.75, 3.05) is 18.4 Å². The number of carbonyl (C=O) groups excluding carboxylic acids is 3. The van der Waals surface area contributed by atoms with E-state index in [-0.39, 0.29) is 24.3 Å². The number of carbonyl (C=O) groups is 3.